The summed E-state index contributed by atoms with van der Waals surface area (Å²) >= 11 is 0. The van der Waals surface area contributed by atoms with Gasteiger partial charge in [-0.25, -0.2) is 0 Å². The monoisotopic (exact) mass is 400 g/mol. The molecule has 0 aliphatic carbocycles. The second-order valence-corrected chi connectivity index (χ2v) is 5.96. The number of anilines is 2. The maximum absolute atomic E-state index is 12.7. The first-order valence-electron chi connectivity index (χ1n) is 8.50. The molecule has 0 spiro atoms. The average molecular weight is 400 g/mol. The fourth-order valence-corrected chi connectivity index (χ4v) is 2.59. The van der Waals surface area contributed by atoms with E-state index < -0.39 is 11.7 Å². The summed E-state index contributed by atoms with van der Waals surface area (Å²) in [6.07, 6.45) is -4.36. The number of halogens is 3. The van der Waals surface area contributed by atoms with Crippen molar-refractivity contribution in [3.63, 3.8) is 0 Å². The molecule has 3 rings (SSSR count). The molecule has 0 saturated carbocycles. The zero-order valence-corrected chi connectivity index (χ0v) is 15.6. The third-order valence-electron chi connectivity index (χ3n) is 3.95. The smallest absolute Gasteiger partial charge is 0.416 e. The topological polar surface area (TPSA) is 61.7 Å². The van der Waals surface area contributed by atoms with Gasteiger partial charge in [0.1, 0.15) is 12.5 Å². The normalized spacial score (nSPS) is 11.4. The van der Waals surface area contributed by atoms with Gasteiger partial charge in [-0.3, -0.25) is 4.99 Å². The van der Waals surface area contributed by atoms with Gasteiger partial charge in [-0.15, -0.1) is 0 Å². The Labute approximate surface area is 166 Å². The molecule has 0 amide bonds. The highest BCUT2D eigenvalue weighted by atomic mass is 19.4. The molecule has 4 nitrogen and oxygen atoms in total. The molecule has 0 aliphatic rings. The number of carbonyl (C=O) groups excluding carboxylic acids is 1. The second kappa shape index (κ2) is 9.54. The van der Waals surface area contributed by atoms with Crippen molar-refractivity contribution in [2.75, 3.05) is 5.32 Å². The van der Waals surface area contributed by atoms with Crippen molar-refractivity contribution in [1.29, 1.82) is 0 Å². The fourth-order valence-electron chi connectivity index (χ4n) is 2.59. The first-order chi connectivity index (χ1) is 13.8. The van der Waals surface area contributed by atoms with Crippen molar-refractivity contribution >= 4 is 29.6 Å². The van der Waals surface area contributed by atoms with Crippen LogP contribution in [0, 0.1) is 0 Å². The van der Waals surface area contributed by atoms with E-state index in [2.05, 4.69) is 10.3 Å². The Morgan fingerprint density at radius 2 is 1.52 bits per heavy atom. The van der Waals surface area contributed by atoms with Gasteiger partial charge in [-0.2, -0.15) is 13.2 Å². The van der Waals surface area contributed by atoms with Gasteiger partial charge < -0.3 is 15.2 Å². The van der Waals surface area contributed by atoms with Gasteiger partial charge in [-0.05, 0) is 61.5 Å². The fraction of sp³-hybridized carbons (Fsp3) is 0.0909. The molecule has 3 aromatic rings. The molecule has 0 atom stereocenters. The number of nitrogens with one attached hydrogen (secondary N) is 1. The Hall–Kier alpha value is -3.61. The summed E-state index contributed by atoms with van der Waals surface area (Å²) in [7, 11) is 0. The van der Waals surface area contributed by atoms with Crippen LogP contribution in [-0.2, 0) is 11.0 Å². The molecule has 0 saturated heterocycles. The Balaban J connectivity index is 0.00000145. The standard InChI is InChI=1S/C21H17F3N2O.CH2O/c1-14(25-16-8-6-15(7-9-16)21(22,23)24)19-4-2-3-5-20(19)26-17-10-12-18(27)13-11-17;1-2/h2-13,26-27H,1H3;1H2. The summed E-state index contributed by atoms with van der Waals surface area (Å²) in [4.78, 5) is 12.4. The van der Waals surface area contributed by atoms with Crippen LogP contribution in [0.3, 0.4) is 0 Å². The maximum atomic E-state index is 12.7. The average Bonchev–Trinajstić information content (AvgIpc) is 2.71. The number of phenols is 1. The number of aliphatic imine (C=N–C) groups is 1. The molecule has 3 aromatic carbocycles. The van der Waals surface area contributed by atoms with Crippen molar-refractivity contribution in [3.05, 3.63) is 83.9 Å². The lowest BCUT2D eigenvalue weighted by atomic mass is 10.1. The zero-order chi connectivity index (χ0) is 21.4. The summed E-state index contributed by atoms with van der Waals surface area (Å²) in [6.45, 7) is 3.80. The molecule has 150 valence electrons. The molecule has 29 heavy (non-hydrogen) atoms. The van der Waals surface area contributed by atoms with E-state index in [0.717, 1.165) is 29.1 Å². The minimum absolute atomic E-state index is 0.175. The highest BCUT2D eigenvalue weighted by Crippen LogP contribution is 2.31. The van der Waals surface area contributed by atoms with Crippen molar-refractivity contribution in [1.82, 2.24) is 0 Å². The number of carbonyl (C=O) groups is 1. The number of benzene rings is 3. The van der Waals surface area contributed by atoms with Crippen LogP contribution < -0.4 is 5.32 Å². The Morgan fingerprint density at radius 1 is 0.931 bits per heavy atom. The predicted octanol–water partition coefficient (Wildman–Crippen LogP) is 6.11. The molecule has 0 bridgehead atoms. The minimum Gasteiger partial charge on any atom is -0.508 e. The molecular formula is C22H19F3N2O2. The van der Waals surface area contributed by atoms with E-state index >= 15 is 0 Å². The number of nitrogens with zero attached hydrogens (tertiary/aromatic N) is 1. The lowest BCUT2D eigenvalue weighted by Gasteiger charge is -2.12. The summed E-state index contributed by atoms with van der Waals surface area (Å²) in [5, 5.41) is 12.6. The van der Waals surface area contributed by atoms with Gasteiger partial charge in [0.2, 0.25) is 0 Å². The van der Waals surface area contributed by atoms with Gasteiger partial charge in [0.15, 0.2) is 0 Å². The molecule has 0 heterocycles. The Kier molecular flexibility index (Phi) is 7.14. The number of hydrogen-bond donors (Lipinski definition) is 2. The van der Waals surface area contributed by atoms with E-state index in [4.69, 9.17) is 4.79 Å². The van der Waals surface area contributed by atoms with Gasteiger partial charge >= 0.3 is 6.18 Å². The third-order valence-corrected chi connectivity index (χ3v) is 3.95. The van der Waals surface area contributed by atoms with Crippen molar-refractivity contribution in [3.8, 4) is 5.75 Å². The molecule has 2 N–H and O–H groups in total. The van der Waals surface area contributed by atoms with Gasteiger partial charge in [0, 0.05) is 22.6 Å². The van der Waals surface area contributed by atoms with Crippen LogP contribution >= 0.6 is 0 Å². The van der Waals surface area contributed by atoms with Crippen molar-refractivity contribution in [2.45, 2.75) is 13.1 Å². The summed E-state index contributed by atoms with van der Waals surface area (Å²) in [6, 6.07) is 18.9. The van der Waals surface area contributed by atoms with Crippen LogP contribution in [0.2, 0.25) is 0 Å². The molecule has 0 aliphatic heterocycles. The number of hydrogen-bond acceptors (Lipinski definition) is 4. The van der Waals surface area contributed by atoms with Crippen LogP contribution in [0.1, 0.15) is 18.1 Å². The van der Waals surface area contributed by atoms with Crippen LogP contribution in [0.25, 0.3) is 0 Å². The molecule has 7 heteroatoms. The number of alkyl halides is 3. The molecule has 0 radical (unpaired) electrons. The van der Waals surface area contributed by atoms with E-state index in [9.17, 15) is 18.3 Å². The lowest BCUT2D eigenvalue weighted by Crippen LogP contribution is -2.04. The third kappa shape index (κ3) is 5.93. The van der Waals surface area contributed by atoms with Gasteiger partial charge in [0.25, 0.3) is 0 Å². The summed E-state index contributed by atoms with van der Waals surface area (Å²) in [5.74, 6) is 0.175. The Bertz CT molecular complexity index is 967. The number of rotatable bonds is 4. The van der Waals surface area contributed by atoms with E-state index in [-0.39, 0.29) is 5.75 Å². The predicted molar refractivity (Wildman–Crippen MR) is 108 cm³/mol. The highest BCUT2D eigenvalue weighted by Gasteiger charge is 2.29. The van der Waals surface area contributed by atoms with Crippen LogP contribution in [-0.4, -0.2) is 17.6 Å². The summed E-state index contributed by atoms with van der Waals surface area (Å²) in [5.41, 5.74) is 2.83. The SMILES string of the molecule is C=O.CC(=Nc1ccc(C(F)(F)F)cc1)c1ccccc1Nc1ccc(O)cc1. The van der Waals surface area contributed by atoms with Gasteiger partial charge in [0.05, 0.1) is 11.3 Å². The van der Waals surface area contributed by atoms with E-state index in [1.165, 1.54) is 12.1 Å². The minimum atomic E-state index is -4.36. The lowest BCUT2D eigenvalue weighted by molar-refractivity contribution is -0.137. The van der Waals surface area contributed by atoms with Crippen LogP contribution in [0.4, 0.5) is 30.2 Å². The zero-order valence-electron chi connectivity index (χ0n) is 15.6. The number of phenolic OH excluding ortho intramolecular Hbond substituents is 1. The highest BCUT2D eigenvalue weighted by molar-refractivity contribution is 6.05. The first-order valence-corrected chi connectivity index (χ1v) is 8.50. The molecule has 0 unspecified atom stereocenters. The van der Waals surface area contributed by atoms with Crippen LogP contribution in [0.5, 0.6) is 5.75 Å². The van der Waals surface area contributed by atoms with Crippen molar-refractivity contribution in [2.24, 2.45) is 4.99 Å². The molecule has 0 aromatic heterocycles. The Morgan fingerprint density at radius 3 is 2.10 bits per heavy atom. The first kappa shape index (κ1) is 21.7. The van der Waals surface area contributed by atoms with E-state index in [0.29, 0.717) is 11.4 Å². The van der Waals surface area contributed by atoms with Gasteiger partial charge in [-0.1, -0.05) is 18.2 Å². The second-order valence-electron chi connectivity index (χ2n) is 5.96. The van der Waals surface area contributed by atoms with Crippen LogP contribution in [0.15, 0.2) is 77.8 Å². The number of aromatic hydroxyl groups is 1. The maximum Gasteiger partial charge on any atom is 0.416 e. The number of para-hydroxylation sites is 1. The molecule has 0 fully saturated rings. The van der Waals surface area contributed by atoms with E-state index in [1.807, 2.05) is 31.1 Å². The van der Waals surface area contributed by atoms with Crippen molar-refractivity contribution < 1.29 is 23.1 Å². The quantitative estimate of drug-likeness (QED) is 0.410. The summed E-state index contributed by atoms with van der Waals surface area (Å²) < 4.78 is 38.0. The van der Waals surface area contributed by atoms with E-state index in [1.54, 1.807) is 31.2 Å². The largest absolute Gasteiger partial charge is 0.508 e. The molecular weight excluding hydrogens is 381 g/mol.